The summed E-state index contributed by atoms with van der Waals surface area (Å²) >= 11 is 3.54. The van der Waals surface area contributed by atoms with E-state index in [0.29, 0.717) is 0 Å². The Morgan fingerprint density at radius 3 is 2.50 bits per heavy atom. The molecule has 0 heterocycles. The van der Waals surface area contributed by atoms with Crippen LogP contribution in [0.3, 0.4) is 0 Å². The van der Waals surface area contributed by atoms with Gasteiger partial charge in [0, 0.05) is 17.1 Å². The minimum atomic E-state index is -0.0577. The Morgan fingerprint density at radius 2 is 1.89 bits per heavy atom. The van der Waals surface area contributed by atoms with Crippen molar-refractivity contribution in [2.75, 3.05) is 5.32 Å². The van der Waals surface area contributed by atoms with E-state index in [0.717, 1.165) is 16.6 Å². The normalized spacial score (nSPS) is 10.1. The molecule has 0 unspecified atom stereocenters. The van der Waals surface area contributed by atoms with Crippen LogP contribution in [0.5, 0.6) is 0 Å². The summed E-state index contributed by atoms with van der Waals surface area (Å²) in [6, 6.07) is 16.2. The zero-order valence-corrected chi connectivity index (χ0v) is 11.7. The Labute approximate surface area is 115 Å². The Morgan fingerprint density at radius 1 is 1.17 bits per heavy atom. The molecule has 0 aliphatic carbocycles. The number of anilines is 1. The molecule has 2 aromatic rings. The van der Waals surface area contributed by atoms with Gasteiger partial charge in [-0.3, -0.25) is 4.79 Å². The highest BCUT2D eigenvalue weighted by atomic mass is 79.9. The fraction of sp³-hybridized carbons (Fsp3) is 0.133. The van der Waals surface area contributed by atoms with E-state index in [-0.39, 0.29) is 5.91 Å². The van der Waals surface area contributed by atoms with Gasteiger partial charge in [-0.1, -0.05) is 52.3 Å². The third kappa shape index (κ3) is 3.44. The van der Waals surface area contributed by atoms with Crippen LogP contribution >= 0.6 is 15.9 Å². The smallest absolute Gasteiger partial charge is 0.221 e. The molecule has 0 fully saturated rings. The van der Waals surface area contributed by atoms with Gasteiger partial charge in [0.05, 0.1) is 0 Å². The average Bonchev–Trinajstić information content (AvgIpc) is 2.33. The van der Waals surface area contributed by atoms with Crippen LogP contribution in [0.4, 0.5) is 5.69 Å². The van der Waals surface area contributed by atoms with Gasteiger partial charge in [0.2, 0.25) is 5.91 Å². The van der Waals surface area contributed by atoms with E-state index in [2.05, 4.69) is 33.4 Å². The number of benzene rings is 2. The molecule has 0 radical (unpaired) electrons. The molecule has 2 nitrogen and oxygen atoms in total. The zero-order valence-electron chi connectivity index (χ0n) is 10.1. The van der Waals surface area contributed by atoms with Gasteiger partial charge in [-0.05, 0) is 29.7 Å². The largest absolute Gasteiger partial charge is 0.326 e. The van der Waals surface area contributed by atoms with Gasteiger partial charge in [0.1, 0.15) is 0 Å². The molecule has 0 saturated carbocycles. The molecule has 0 saturated heterocycles. The topological polar surface area (TPSA) is 29.1 Å². The van der Waals surface area contributed by atoms with Crippen molar-refractivity contribution in [2.24, 2.45) is 0 Å². The molecule has 1 amide bonds. The van der Waals surface area contributed by atoms with Crippen LogP contribution in [-0.2, 0) is 11.2 Å². The Hall–Kier alpha value is -1.61. The monoisotopic (exact) mass is 303 g/mol. The lowest BCUT2D eigenvalue weighted by Crippen LogP contribution is -2.05. The highest BCUT2D eigenvalue weighted by Gasteiger charge is 2.03. The van der Waals surface area contributed by atoms with Crippen molar-refractivity contribution in [3.63, 3.8) is 0 Å². The third-order valence-electron chi connectivity index (χ3n) is 2.61. The van der Waals surface area contributed by atoms with Crippen LogP contribution in [0.2, 0.25) is 0 Å². The van der Waals surface area contributed by atoms with Gasteiger partial charge in [-0.25, -0.2) is 0 Å². The predicted octanol–water partition coefficient (Wildman–Crippen LogP) is 4.00. The molecular weight excluding hydrogens is 290 g/mol. The van der Waals surface area contributed by atoms with Crippen LogP contribution in [-0.4, -0.2) is 5.91 Å². The lowest BCUT2D eigenvalue weighted by molar-refractivity contribution is -0.114. The van der Waals surface area contributed by atoms with Crippen LogP contribution < -0.4 is 5.32 Å². The van der Waals surface area contributed by atoms with Gasteiger partial charge in [0.25, 0.3) is 0 Å². The van der Waals surface area contributed by atoms with Crippen molar-refractivity contribution in [3.05, 3.63) is 64.1 Å². The second-order valence-corrected chi connectivity index (χ2v) is 5.00. The molecule has 2 rings (SSSR count). The molecule has 3 heteroatoms. The molecule has 2 aromatic carbocycles. The van der Waals surface area contributed by atoms with E-state index in [1.807, 2.05) is 36.4 Å². The number of amides is 1. The van der Waals surface area contributed by atoms with E-state index in [4.69, 9.17) is 0 Å². The molecule has 0 aliphatic rings. The van der Waals surface area contributed by atoms with E-state index in [1.165, 1.54) is 18.1 Å². The maximum atomic E-state index is 11.0. The molecule has 0 aliphatic heterocycles. The first-order valence-corrected chi connectivity index (χ1v) is 6.54. The highest BCUT2D eigenvalue weighted by molar-refractivity contribution is 9.10. The number of rotatable bonds is 3. The quantitative estimate of drug-likeness (QED) is 0.912. The van der Waals surface area contributed by atoms with Crippen molar-refractivity contribution in [3.8, 4) is 0 Å². The number of nitrogens with one attached hydrogen (secondary N) is 1. The number of hydrogen-bond acceptors (Lipinski definition) is 1. The van der Waals surface area contributed by atoms with Crippen molar-refractivity contribution >= 4 is 27.5 Å². The van der Waals surface area contributed by atoms with Crippen molar-refractivity contribution in [1.29, 1.82) is 0 Å². The minimum absolute atomic E-state index is 0.0577. The van der Waals surface area contributed by atoms with Gasteiger partial charge in [-0.2, -0.15) is 0 Å². The van der Waals surface area contributed by atoms with Gasteiger partial charge >= 0.3 is 0 Å². The van der Waals surface area contributed by atoms with E-state index >= 15 is 0 Å². The van der Waals surface area contributed by atoms with Gasteiger partial charge < -0.3 is 5.32 Å². The van der Waals surface area contributed by atoms with Crippen molar-refractivity contribution in [1.82, 2.24) is 0 Å². The number of halogens is 1. The minimum Gasteiger partial charge on any atom is -0.326 e. The molecule has 18 heavy (non-hydrogen) atoms. The predicted molar refractivity (Wildman–Crippen MR) is 77.7 cm³/mol. The number of carbonyl (C=O) groups is 1. The second kappa shape index (κ2) is 5.83. The van der Waals surface area contributed by atoms with E-state index in [9.17, 15) is 4.79 Å². The summed E-state index contributed by atoms with van der Waals surface area (Å²) in [6.07, 6.45) is 0.877. The summed E-state index contributed by atoms with van der Waals surface area (Å²) in [7, 11) is 0. The molecule has 0 atom stereocenters. The van der Waals surface area contributed by atoms with Crippen LogP contribution in [0.25, 0.3) is 0 Å². The first-order chi connectivity index (χ1) is 8.65. The third-order valence-corrected chi connectivity index (χ3v) is 3.35. The SMILES string of the molecule is CC(=O)Nc1ccc(Cc2ccccc2)c(Br)c1. The second-order valence-electron chi connectivity index (χ2n) is 4.15. The van der Waals surface area contributed by atoms with E-state index in [1.54, 1.807) is 0 Å². The molecule has 0 bridgehead atoms. The lowest BCUT2D eigenvalue weighted by atomic mass is 10.0. The molecule has 1 N–H and O–H groups in total. The fourth-order valence-electron chi connectivity index (χ4n) is 1.79. The molecule has 0 aromatic heterocycles. The summed E-state index contributed by atoms with van der Waals surface area (Å²) in [5.41, 5.74) is 3.28. The Balaban J connectivity index is 2.17. The fourth-order valence-corrected chi connectivity index (χ4v) is 2.31. The maximum absolute atomic E-state index is 11.0. The number of carbonyl (C=O) groups excluding carboxylic acids is 1. The summed E-state index contributed by atoms with van der Waals surface area (Å²) in [6.45, 7) is 1.51. The number of hydrogen-bond donors (Lipinski definition) is 1. The van der Waals surface area contributed by atoms with Crippen molar-refractivity contribution in [2.45, 2.75) is 13.3 Å². The molecule has 92 valence electrons. The standard InChI is InChI=1S/C15H14BrNO/c1-11(18)17-14-8-7-13(15(16)10-14)9-12-5-3-2-4-6-12/h2-8,10H,9H2,1H3,(H,17,18). The van der Waals surface area contributed by atoms with Crippen molar-refractivity contribution < 1.29 is 4.79 Å². The summed E-state index contributed by atoms with van der Waals surface area (Å²) < 4.78 is 1.01. The maximum Gasteiger partial charge on any atom is 0.221 e. The van der Waals surface area contributed by atoms with Crippen LogP contribution in [0, 0.1) is 0 Å². The Kier molecular flexibility index (Phi) is 4.15. The highest BCUT2D eigenvalue weighted by Crippen LogP contribution is 2.24. The van der Waals surface area contributed by atoms with Crippen LogP contribution in [0.15, 0.2) is 53.0 Å². The molecule has 0 spiro atoms. The first kappa shape index (κ1) is 12.8. The van der Waals surface area contributed by atoms with Crippen LogP contribution in [0.1, 0.15) is 18.1 Å². The molecular formula is C15H14BrNO. The summed E-state index contributed by atoms with van der Waals surface area (Å²) in [5, 5.41) is 2.77. The first-order valence-electron chi connectivity index (χ1n) is 5.75. The summed E-state index contributed by atoms with van der Waals surface area (Å²) in [4.78, 5) is 11.0. The van der Waals surface area contributed by atoms with Gasteiger partial charge in [-0.15, -0.1) is 0 Å². The Bertz CT molecular complexity index is 552. The van der Waals surface area contributed by atoms with Gasteiger partial charge in [0.15, 0.2) is 0 Å². The summed E-state index contributed by atoms with van der Waals surface area (Å²) in [5.74, 6) is -0.0577. The van der Waals surface area contributed by atoms with E-state index < -0.39 is 0 Å². The average molecular weight is 304 g/mol. The lowest BCUT2D eigenvalue weighted by Gasteiger charge is -2.08. The zero-order chi connectivity index (χ0) is 13.0.